The van der Waals surface area contributed by atoms with Gasteiger partial charge in [0.2, 0.25) is 15.8 Å². The minimum atomic E-state index is -3.47. The molecule has 1 heterocycles. The number of nitrogens with one attached hydrogen (secondary N) is 1. The van der Waals surface area contributed by atoms with Crippen molar-refractivity contribution in [3.05, 3.63) is 53.1 Å². The Balaban J connectivity index is 1.63. The maximum atomic E-state index is 12.5. The van der Waals surface area contributed by atoms with Crippen LogP contribution in [0.15, 0.2) is 40.9 Å². The summed E-state index contributed by atoms with van der Waals surface area (Å²) in [5.74, 6) is 1.12. The van der Waals surface area contributed by atoms with Gasteiger partial charge in [0.15, 0.2) is 0 Å². The van der Waals surface area contributed by atoms with Gasteiger partial charge in [0.1, 0.15) is 11.8 Å². The Morgan fingerprint density at radius 3 is 2.86 bits per heavy atom. The third-order valence-corrected chi connectivity index (χ3v) is 7.11. The van der Waals surface area contributed by atoms with Crippen molar-refractivity contribution in [3.8, 4) is 34.7 Å². The van der Waals surface area contributed by atoms with Crippen LogP contribution in [0.4, 0.5) is 0 Å². The fourth-order valence-corrected chi connectivity index (χ4v) is 5.39. The van der Waals surface area contributed by atoms with Crippen LogP contribution in [0.3, 0.4) is 0 Å². The molecule has 0 spiro atoms. The molecule has 1 aliphatic carbocycles. The van der Waals surface area contributed by atoms with E-state index in [1.54, 1.807) is 18.2 Å². The summed E-state index contributed by atoms with van der Waals surface area (Å²) in [6.45, 7) is 3.93. The number of hydrogen-bond acceptors (Lipinski definition) is 8. The van der Waals surface area contributed by atoms with Crippen LogP contribution in [0.1, 0.15) is 49.4 Å². The number of benzene rings is 2. The summed E-state index contributed by atoms with van der Waals surface area (Å²) in [7, 11) is -2.00. The number of rotatable bonds is 9. The van der Waals surface area contributed by atoms with E-state index >= 15 is 0 Å². The van der Waals surface area contributed by atoms with Gasteiger partial charge in [-0.3, -0.25) is 0 Å². The van der Waals surface area contributed by atoms with Gasteiger partial charge < -0.3 is 14.0 Å². The summed E-state index contributed by atoms with van der Waals surface area (Å²) in [5.41, 5.74) is 3.73. The van der Waals surface area contributed by atoms with Crippen molar-refractivity contribution in [1.82, 2.24) is 14.9 Å². The van der Waals surface area contributed by atoms with E-state index in [0.29, 0.717) is 29.1 Å². The summed E-state index contributed by atoms with van der Waals surface area (Å²) >= 11 is 0. The Morgan fingerprint density at radius 1 is 1.29 bits per heavy atom. The molecular formula is C25H28N4O5S. The molecule has 4 rings (SSSR count). The number of fused-ring (bicyclic) bond motifs is 1. The fourth-order valence-electron chi connectivity index (χ4n) is 4.21. The van der Waals surface area contributed by atoms with E-state index in [2.05, 4.69) is 20.9 Å². The normalized spacial score (nSPS) is 15.6. The molecule has 0 saturated carbocycles. The van der Waals surface area contributed by atoms with Crippen LogP contribution in [0.25, 0.3) is 22.8 Å². The molecule has 10 heteroatoms. The van der Waals surface area contributed by atoms with E-state index < -0.39 is 10.0 Å². The van der Waals surface area contributed by atoms with Crippen molar-refractivity contribution in [1.29, 1.82) is 5.26 Å². The average molecular weight is 497 g/mol. The maximum absolute atomic E-state index is 12.5. The van der Waals surface area contributed by atoms with E-state index in [0.717, 1.165) is 29.5 Å². The van der Waals surface area contributed by atoms with Gasteiger partial charge in [0, 0.05) is 24.3 Å². The number of ether oxygens (including phenoxy) is 2. The summed E-state index contributed by atoms with van der Waals surface area (Å²) in [6, 6.07) is 12.7. The number of nitrogens with zero attached hydrogens (tertiary/aromatic N) is 3. The molecule has 0 radical (unpaired) electrons. The van der Waals surface area contributed by atoms with Gasteiger partial charge in [-0.2, -0.15) is 10.2 Å². The lowest BCUT2D eigenvalue weighted by Crippen LogP contribution is -2.34. The van der Waals surface area contributed by atoms with E-state index in [1.165, 1.54) is 7.11 Å². The van der Waals surface area contributed by atoms with E-state index in [1.807, 2.05) is 32.0 Å². The van der Waals surface area contributed by atoms with Crippen molar-refractivity contribution in [2.24, 2.45) is 0 Å². The van der Waals surface area contributed by atoms with E-state index in [9.17, 15) is 13.7 Å². The van der Waals surface area contributed by atoms with Crippen molar-refractivity contribution >= 4 is 10.0 Å². The van der Waals surface area contributed by atoms with Crippen molar-refractivity contribution in [2.75, 3.05) is 19.5 Å². The van der Waals surface area contributed by atoms with Crippen LogP contribution in [0, 0.1) is 11.3 Å². The topological polar surface area (TPSA) is 127 Å². The first-order chi connectivity index (χ1) is 16.8. The average Bonchev–Trinajstić information content (AvgIpc) is 3.32. The van der Waals surface area contributed by atoms with Gasteiger partial charge in [-0.25, -0.2) is 13.1 Å². The molecule has 0 bridgehead atoms. The zero-order valence-corrected chi connectivity index (χ0v) is 20.8. The van der Waals surface area contributed by atoms with Gasteiger partial charge in [-0.1, -0.05) is 23.4 Å². The zero-order chi connectivity index (χ0) is 25.0. The van der Waals surface area contributed by atoms with Crippen LogP contribution in [-0.4, -0.2) is 44.1 Å². The smallest absolute Gasteiger partial charge is 0.258 e. The Bertz CT molecular complexity index is 1340. The second-order valence-corrected chi connectivity index (χ2v) is 10.5. The standard InChI is InChI=1S/C25H28N4O5S/c1-16(2)33-23-11-10-17(14-18(23)15-26)25-27-24(28-34-25)21-8-4-7-20-19(21)6-5-9-22(20)29-35(30,31)13-12-32-3/h4,7-8,10-11,14,16,22,29H,5-6,9,12-13H2,1-3H3/t22-/m0/s1. The third-order valence-electron chi connectivity index (χ3n) is 5.76. The number of hydrogen-bond donors (Lipinski definition) is 1. The molecule has 2 aromatic carbocycles. The van der Waals surface area contributed by atoms with Gasteiger partial charge >= 0.3 is 0 Å². The van der Waals surface area contributed by atoms with Gasteiger partial charge in [0.25, 0.3) is 5.89 Å². The number of sulfonamides is 1. The molecule has 1 N–H and O–H groups in total. The van der Waals surface area contributed by atoms with Crippen LogP contribution >= 0.6 is 0 Å². The molecule has 0 saturated heterocycles. The number of nitriles is 1. The Morgan fingerprint density at radius 2 is 2.11 bits per heavy atom. The molecule has 0 aliphatic heterocycles. The molecule has 35 heavy (non-hydrogen) atoms. The first-order valence-electron chi connectivity index (χ1n) is 11.5. The summed E-state index contributed by atoms with van der Waals surface area (Å²) in [5, 5.41) is 13.7. The molecule has 0 fully saturated rings. The predicted molar refractivity (Wildman–Crippen MR) is 130 cm³/mol. The summed E-state index contributed by atoms with van der Waals surface area (Å²) in [4.78, 5) is 4.58. The molecule has 9 nitrogen and oxygen atoms in total. The second kappa shape index (κ2) is 10.6. The van der Waals surface area contributed by atoms with Gasteiger partial charge in [0.05, 0.1) is 24.0 Å². The van der Waals surface area contributed by atoms with Crippen LogP contribution in [-0.2, 0) is 21.2 Å². The highest BCUT2D eigenvalue weighted by atomic mass is 32.2. The highest BCUT2D eigenvalue weighted by Crippen LogP contribution is 2.36. The first kappa shape index (κ1) is 24.9. The molecule has 1 aromatic heterocycles. The SMILES string of the molecule is COCCS(=O)(=O)N[C@H]1CCCc2c(-c3noc(-c4ccc(OC(C)C)c(C#N)c4)n3)cccc21. The maximum Gasteiger partial charge on any atom is 0.258 e. The van der Waals surface area contributed by atoms with Crippen molar-refractivity contribution in [2.45, 2.75) is 45.3 Å². The number of aromatic nitrogens is 2. The Labute approximate surface area is 205 Å². The molecule has 1 aliphatic rings. The zero-order valence-electron chi connectivity index (χ0n) is 19.9. The molecule has 0 unspecified atom stereocenters. The second-order valence-electron chi connectivity index (χ2n) is 8.66. The summed E-state index contributed by atoms with van der Waals surface area (Å²) < 4.78 is 43.9. The quantitative estimate of drug-likeness (QED) is 0.471. The first-order valence-corrected chi connectivity index (χ1v) is 13.1. The molecular weight excluding hydrogens is 468 g/mol. The summed E-state index contributed by atoms with van der Waals surface area (Å²) in [6.07, 6.45) is 2.27. The molecule has 3 aromatic rings. The van der Waals surface area contributed by atoms with Crippen molar-refractivity contribution in [3.63, 3.8) is 0 Å². The molecule has 0 amide bonds. The van der Waals surface area contributed by atoms with Gasteiger partial charge in [-0.05, 0) is 62.4 Å². The minimum absolute atomic E-state index is 0.0551. The minimum Gasteiger partial charge on any atom is -0.490 e. The molecule has 184 valence electrons. The number of methoxy groups -OCH3 is 1. The Kier molecular flexibility index (Phi) is 7.50. The van der Waals surface area contributed by atoms with Crippen LogP contribution in [0.5, 0.6) is 5.75 Å². The largest absolute Gasteiger partial charge is 0.490 e. The van der Waals surface area contributed by atoms with E-state index in [-0.39, 0.29) is 30.4 Å². The van der Waals surface area contributed by atoms with Gasteiger partial charge in [-0.15, -0.1) is 0 Å². The molecule has 1 atom stereocenters. The lowest BCUT2D eigenvalue weighted by Gasteiger charge is -2.27. The van der Waals surface area contributed by atoms with Crippen LogP contribution in [0.2, 0.25) is 0 Å². The lowest BCUT2D eigenvalue weighted by atomic mass is 9.85. The van der Waals surface area contributed by atoms with E-state index in [4.69, 9.17) is 14.0 Å². The lowest BCUT2D eigenvalue weighted by molar-refractivity contribution is 0.216. The highest BCUT2D eigenvalue weighted by Gasteiger charge is 2.27. The van der Waals surface area contributed by atoms with Crippen LogP contribution < -0.4 is 9.46 Å². The Hall–Kier alpha value is -3.26. The predicted octanol–water partition coefficient (Wildman–Crippen LogP) is 4.01. The highest BCUT2D eigenvalue weighted by molar-refractivity contribution is 7.89. The third kappa shape index (κ3) is 5.70. The monoisotopic (exact) mass is 496 g/mol. The fraction of sp³-hybridized carbons (Fsp3) is 0.400. The van der Waals surface area contributed by atoms with Crippen molar-refractivity contribution < 1.29 is 22.4 Å².